The zero-order valence-corrected chi connectivity index (χ0v) is 20.2. The molecule has 3 heterocycles. The van der Waals surface area contributed by atoms with Crippen molar-refractivity contribution in [3.63, 3.8) is 0 Å². The van der Waals surface area contributed by atoms with E-state index in [9.17, 15) is 14.4 Å². The summed E-state index contributed by atoms with van der Waals surface area (Å²) in [7, 11) is 0. The van der Waals surface area contributed by atoms with Gasteiger partial charge in [0.15, 0.2) is 11.5 Å². The van der Waals surface area contributed by atoms with Crippen molar-refractivity contribution in [1.82, 2.24) is 9.88 Å². The topological polar surface area (TPSA) is 89.9 Å². The molecule has 2 aromatic carbocycles. The molecule has 2 aliphatic rings. The lowest BCUT2D eigenvalue weighted by Gasteiger charge is -2.26. The summed E-state index contributed by atoms with van der Waals surface area (Å²) in [5.41, 5.74) is 4.71. The second-order valence-electron chi connectivity index (χ2n) is 8.09. The number of imide groups is 2. The number of hydrogen-bond acceptors (Lipinski definition) is 5. The van der Waals surface area contributed by atoms with Crippen molar-refractivity contribution < 1.29 is 23.9 Å². The number of nitrogens with zero attached hydrogens (tertiary/aromatic N) is 2. The monoisotopic (exact) mass is 521 g/mol. The largest absolute Gasteiger partial charge is 0.454 e. The number of rotatable bonds is 3. The van der Waals surface area contributed by atoms with Crippen LogP contribution in [0.2, 0.25) is 0 Å². The molecule has 0 spiro atoms. The molecule has 1 fully saturated rings. The minimum atomic E-state index is -0.818. The number of barbiturate groups is 1. The van der Waals surface area contributed by atoms with Crippen LogP contribution in [-0.2, 0) is 9.59 Å². The summed E-state index contributed by atoms with van der Waals surface area (Å²) in [4.78, 5) is 39.4. The first-order valence-electron chi connectivity index (χ1n) is 10.5. The van der Waals surface area contributed by atoms with Gasteiger partial charge in [-0.05, 0) is 74.4 Å². The van der Waals surface area contributed by atoms with E-state index in [2.05, 4.69) is 31.9 Å². The number of aryl methyl sites for hydroxylation is 2. The summed E-state index contributed by atoms with van der Waals surface area (Å²) in [5.74, 6) is -0.502. The van der Waals surface area contributed by atoms with Gasteiger partial charge in [0.05, 0.1) is 5.69 Å². The molecule has 2 aliphatic heterocycles. The van der Waals surface area contributed by atoms with Gasteiger partial charge in [-0.2, -0.15) is 0 Å². The third-order valence-electron chi connectivity index (χ3n) is 5.89. The van der Waals surface area contributed by atoms with Crippen LogP contribution in [0.25, 0.3) is 11.8 Å². The van der Waals surface area contributed by atoms with Gasteiger partial charge in [-0.25, -0.2) is 9.69 Å². The molecule has 4 amide bonds. The van der Waals surface area contributed by atoms with Gasteiger partial charge >= 0.3 is 6.03 Å². The van der Waals surface area contributed by atoms with Crippen LogP contribution in [0.5, 0.6) is 11.5 Å². The van der Waals surface area contributed by atoms with Crippen molar-refractivity contribution >= 4 is 45.5 Å². The lowest BCUT2D eigenvalue weighted by Crippen LogP contribution is -2.54. The third-order valence-corrected chi connectivity index (χ3v) is 6.78. The zero-order chi connectivity index (χ0) is 24.1. The highest BCUT2D eigenvalue weighted by Crippen LogP contribution is 2.36. The van der Waals surface area contributed by atoms with Gasteiger partial charge in [0, 0.05) is 27.6 Å². The van der Waals surface area contributed by atoms with E-state index < -0.39 is 17.8 Å². The summed E-state index contributed by atoms with van der Waals surface area (Å²) in [6.07, 6.45) is 1.52. The molecular weight excluding hydrogens is 502 g/mol. The molecule has 0 aliphatic carbocycles. The van der Waals surface area contributed by atoms with Gasteiger partial charge in [0.1, 0.15) is 5.57 Å². The lowest BCUT2D eigenvalue weighted by molar-refractivity contribution is -0.122. The number of benzene rings is 2. The van der Waals surface area contributed by atoms with Crippen LogP contribution in [0.1, 0.15) is 22.5 Å². The molecule has 1 aromatic heterocycles. The van der Waals surface area contributed by atoms with Crippen LogP contribution in [0.4, 0.5) is 10.5 Å². The fourth-order valence-corrected chi connectivity index (χ4v) is 4.42. The van der Waals surface area contributed by atoms with E-state index in [0.29, 0.717) is 17.1 Å². The number of amides is 4. The molecule has 5 rings (SSSR count). The predicted octanol–water partition coefficient (Wildman–Crippen LogP) is 4.56. The second kappa shape index (κ2) is 8.18. The molecule has 1 saturated heterocycles. The Morgan fingerprint density at radius 2 is 1.68 bits per heavy atom. The first-order chi connectivity index (χ1) is 16.2. The molecule has 0 saturated carbocycles. The highest BCUT2D eigenvalue weighted by Gasteiger charge is 2.37. The van der Waals surface area contributed by atoms with Gasteiger partial charge in [-0.3, -0.25) is 14.9 Å². The Balaban J connectivity index is 1.54. The maximum atomic E-state index is 13.3. The Kier molecular flexibility index (Phi) is 5.28. The molecular formula is C25H20BrN3O5. The second-order valence-corrected chi connectivity index (χ2v) is 8.95. The van der Waals surface area contributed by atoms with Crippen LogP contribution in [0, 0.1) is 20.8 Å². The molecule has 34 heavy (non-hydrogen) atoms. The summed E-state index contributed by atoms with van der Waals surface area (Å²) < 4.78 is 13.7. The fourth-order valence-electron chi connectivity index (χ4n) is 4.17. The molecule has 9 heteroatoms. The van der Waals surface area contributed by atoms with E-state index in [-0.39, 0.29) is 18.1 Å². The molecule has 1 N–H and O–H groups in total. The Bertz CT molecular complexity index is 1420. The van der Waals surface area contributed by atoms with Gasteiger partial charge in [0.2, 0.25) is 6.79 Å². The highest BCUT2D eigenvalue weighted by atomic mass is 79.9. The Hall–Kier alpha value is -3.85. The van der Waals surface area contributed by atoms with Crippen molar-refractivity contribution in [3.8, 4) is 17.2 Å². The number of ether oxygens (including phenoxy) is 2. The average molecular weight is 522 g/mol. The van der Waals surface area contributed by atoms with Crippen molar-refractivity contribution in [2.24, 2.45) is 0 Å². The smallest absolute Gasteiger partial charge is 0.335 e. The third kappa shape index (κ3) is 3.58. The van der Waals surface area contributed by atoms with Gasteiger partial charge in [0.25, 0.3) is 11.8 Å². The summed E-state index contributed by atoms with van der Waals surface area (Å²) in [6.45, 7) is 5.95. The number of fused-ring (bicyclic) bond motifs is 1. The number of carbonyl (C=O) groups is 3. The van der Waals surface area contributed by atoms with Gasteiger partial charge < -0.3 is 14.0 Å². The molecule has 3 aromatic rings. The lowest BCUT2D eigenvalue weighted by atomic mass is 10.1. The van der Waals surface area contributed by atoms with E-state index in [1.807, 2.05) is 39.0 Å². The normalized spacial score (nSPS) is 16.4. The number of carbonyl (C=O) groups excluding carboxylic acids is 3. The van der Waals surface area contributed by atoms with E-state index in [0.717, 1.165) is 32.0 Å². The van der Waals surface area contributed by atoms with Crippen LogP contribution in [0.15, 0.2) is 52.5 Å². The summed E-state index contributed by atoms with van der Waals surface area (Å²) in [6, 6.07) is 11.8. The minimum absolute atomic E-state index is 0.0656. The number of halogens is 1. The van der Waals surface area contributed by atoms with E-state index in [4.69, 9.17) is 9.47 Å². The first kappa shape index (κ1) is 22.0. The quantitative estimate of drug-likeness (QED) is 0.403. The molecule has 172 valence electrons. The zero-order valence-electron chi connectivity index (χ0n) is 18.6. The highest BCUT2D eigenvalue weighted by molar-refractivity contribution is 9.10. The standard InChI is InChI=1S/C25H20BrN3O5/c1-13-8-17(4-6-20(13)26)28-14(2)9-16(15(28)3)10-19-23(30)27-25(32)29(24(19)31)18-5-7-21-22(11-18)34-12-33-21/h4-11H,12H2,1-3H3,(H,27,30,32)/b19-10+. The van der Waals surface area contributed by atoms with Crippen molar-refractivity contribution in [3.05, 3.63) is 75.0 Å². The Morgan fingerprint density at radius 1 is 0.941 bits per heavy atom. The van der Waals surface area contributed by atoms with Crippen LogP contribution < -0.4 is 19.7 Å². The summed E-state index contributed by atoms with van der Waals surface area (Å²) in [5, 5.41) is 2.26. The molecule has 0 bridgehead atoms. The Labute approximate surface area is 203 Å². The number of aromatic nitrogens is 1. The van der Waals surface area contributed by atoms with E-state index in [1.54, 1.807) is 12.1 Å². The predicted molar refractivity (Wildman–Crippen MR) is 129 cm³/mol. The van der Waals surface area contributed by atoms with E-state index >= 15 is 0 Å². The number of nitrogens with one attached hydrogen (secondary N) is 1. The molecule has 8 nitrogen and oxygen atoms in total. The van der Waals surface area contributed by atoms with E-state index in [1.165, 1.54) is 12.1 Å². The van der Waals surface area contributed by atoms with Crippen molar-refractivity contribution in [2.45, 2.75) is 20.8 Å². The van der Waals surface area contributed by atoms with Crippen LogP contribution in [-0.4, -0.2) is 29.2 Å². The Morgan fingerprint density at radius 3 is 2.44 bits per heavy atom. The first-order valence-corrected chi connectivity index (χ1v) is 11.3. The van der Waals surface area contributed by atoms with Crippen LogP contribution in [0.3, 0.4) is 0 Å². The SMILES string of the molecule is Cc1cc(-n2c(C)cc(/C=C3\C(=O)NC(=O)N(c4ccc5c(c4)OCO5)C3=O)c2C)ccc1Br. The van der Waals surface area contributed by atoms with Gasteiger partial charge in [-0.15, -0.1) is 0 Å². The molecule has 0 unspecified atom stereocenters. The average Bonchev–Trinajstić information content (AvgIpc) is 3.36. The molecule has 0 radical (unpaired) electrons. The minimum Gasteiger partial charge on any atom is -0.454 e. The van der Waals surface area contributed by atoms with Gasteiger partial charge in [-0.1, -0.05) is 15.9 Å². The molecule has 0 atom stereocenters. The summed E-state index contributed by atoms with van der Waals surface area (Å²) >= 11 is 3.52. The maximum absolute atomic E-state index is 13.3. The number of urea groups is 1. The number of anilines is 1. The van der Waals surface area contributed by atoms with Crippen molar-refractivity contribution in [2.75, 3.05) is 11.7 Å². The maximum Gasteiger partial charge on any atom is 0.335 e. The number of hydrogen-bond donors (Lipinski definition) is 1. The van der Waals surface area contributed by atoms with Crippen LogP contribution >= 0.6 is 15.9 Å². The fraction of sp³-hybridized carbons (Fsp3) is 0.160. The van der Waals surface area contributed by atoms with Crippen molar-refractivity contribution in [1.29, 1.82) is 0 Å².